The molecule has 2 atom stereocenters. The number of hydrogen-bond donors (Lipinski definition) is 4. The molecule has 2 aliphatic heterocycles. The highest BCUT2D eigenvalue weighted by molar-refractivity contribution is 5.89. The average Bonchev–Trinajstić information content (AvgIpc) is 3.95. The number of H-pyrrole nitrogens is 2. The quantitative estimate of drug-likeness (QED) is 0.0909. The zero-order chi connectivity index (χ0) is 42.5. The van der Waals surface area contributed by atoms with Gasteiger partial charge in [-0.2, -0.15) is 0 Å². The molecule has 0 fully saturated rings. The van der Waals surface area contributed by atoms with Crippen LogP contribution in [0.15, 0.2) is 67.0 Å². The number of ether oxygens (including phenoxy) is 4. The summed E-state index contributed by atoms with van der Waals surface area (Å²) >= 11 is 0. The monoisotopic (exact) mass is 818 g/mol. The number of nitrogens with zero attached hydrogens (tertiary/aromatic N) is 4. The van der Waals surface area contributed by atoms with Gasteiger partial charge in [0.2, 0.25) is 11.8 Å². The summed E-state index contributed by atoms with van der Waals surface area (Å²) in [5.74, 6) is 2.29. The predicted molar refractivity (Wildman–Crippen MR) is 221 cm³/mol. The fourth-order valence-electron chi connectivity index (χ4n) is 7.51. The first-order chi connectivity index (χ1) is 29.0. The molecule has 2 aromatic heterocycles. The van der Waals surface area contributed by atoms with Crippen LogP contribution < -0.4 is 20.1 Å². The van der Waals surface area contributed by atoms with Crippen molar-refractivity contribution >= 4 is 24.0 Å². The van der Waals surface area contributed by atoms with Crippen LogP contribution in [0, 0.1) is 5.92 Å². The fourth-order valence-corrected chi connectivity index (χ4v) is 7.51. The van der Waals surface area contributed by atoms with Gasteiger partial charge in [0.05, 0.1) is 51.1 Å². The first kappa shape index (κ1) is 41.3. The second kappa shape index (κ2) is 18.0. The van der Waals surface area contributed by atoms with Gasteiger partial charge in [-0.3, -0.25) is 9.59 Å². The summed E-state index contributed by atoms with van der Waals surface area (Å²) in [4.78, 5) is 70.4. The van der Waals surface area contributed by atoms with E-state index in [4.69, 9.17) is 14.2 Å². The molecule has 4 heterocycles. The third-order valence-corrected chi connectivity index (χ3v) is 10.7. The van der Waals surface area contributed by atoms with Crippen LogP contribution in [0.4, 0.5) is 9.59 Å². The van der Waals surface area contributed by atoms with Crippen molar-refractivity contribution in [3.63, 3.8) is 0 Å². The summed E-state index contributed by atoms with van der Waals surface area (Å²) in [5, 5.41) is 5.17. The molecule has 5 aromatic rings. The first-order valence-corrected chi connectivity index (χ1v) is 19.9. The average molecular weight is 819 g/mol. The second-order valence-electron chi connectivity index (χ2n) is 15.3. The number of rotatable bonds is 15. The van der Waals surface area contributed by atoms with E-state index in [0.29, 0.717) is 37.0 Å². The third kappa shape index (κ3) is 8.92. The van der Waals surface area contributed by atoms with Gasteiger partial charge in [-0.25, -0.2) is 19.6 Å². The number of aromatic nitrogens is 4. The van der Waals surface area contributed by atoms with Crippen molar-refractivity contribution in [2.75, 3.05) is 27.3 Å². The number of hydrogen-bond acceptors (Lipinski definition) is 10. The van der Waals surface area contributed by atoms with Crippen LogP contribution in [0.5, 0.6) is 11.5 Å². The van der Waals surface area contributed by atoms with Gasteiger partial charge in [-0.1, -0.05) is 51.1 Å². The zero-order valence-corrected chi connectivity index (χ0v) is 34.6. The van der Waals surface area contributed by atoms with Crippen molar-refractivity contribution < 1.29 is 38.1 Å². The number of imidazole rings is 2. The summed E-state index contributed by atoms with van der Waals surface area (Å²) in [6, 6.07) is 16.2. The smallest absolute Gasteiger partial charge is 0.407 e. The van der Waals surface area contributed by atoms with Gasteiger partial charge in [0.1, 0.15) is 48.9 Å². The molecule has 0 aliphatic carbocycles. The molecule has 0 unspecified atom stereocenters. The Balaban J connectivity index is 1.10. The standard InChI is InChI=1S/C44H50N8O8/c1-7-26(4)52(38(53)19-47-43(55)57-5)22-37-46-18-33(49-37)29-14-31-24-59-34-15-28(13-30-23-60-35(16-29)40(31)39(30)34)32-17-45-36(48-32)21-51(20-25(2)3)42(54)41(50-44(56)58-6)27-11-9-8-10-12-27/h8-18,25-26,41H,7,19-24H2,1-6H3,(H,45,48)(H,46,49)(H,47,55)(H,50,56)/t26-,41+/m0/s1. The van der Waals surface area contributed by atoms with Crippen molar-refractivity contribution in [1.29, 1.82) is 0 Å². The van der Waals surface area contributed by atoms with Gasteiger partial charge >= 0.3 is 12.2 Å². The van der Waals surface area contributed by atoms with E-state index in [1.807, 2.05) is 58.0 Å². The van der Waals surface area contributed by atoms with E-state index < -0.39 is 18.2 Å². The van der Waals surface area contributed by atoms with Gasteiger partial charge in [-0.15, -0.1) is 0 Å². The molecule has 16 nitrogen and oxygen atoms in total. The maximum absolute atomic E-state index is 14.1. The lowest BCUT2D eigenvalue weighted by atomic mass is 9.87. The Hall–Kier alpha value is -6.84. The molecule has 3 aromatic carbocycles. The van der Waals surface area contributed by atoms with E-state index in [1.54, 1.807) is 34.3 Å². The van der Waals surface area contributed by atoms with Gasteiger partial charge in [0.25, 0.3) is 0 Å². The highest BCUT2D eigenvalue weighted by atomic mass is 16.5. The number of nitrogens with one attached hydrogen (secondary N) is 4. The molecule has 4 amide bonds. The van der Waals surface area contributed by atoms with Crippen LogP contribution in [0.2, 0.25) is 0 Å². The minimum absolute atomic E-state index is 0.0819. The summed E-state index contributed by atoms with van der Waals surface area (Å²) in [6.07, 6.45) is 2.85. The number of amides is 4. The molecule has 0 radical (unpaired) electrons. The maximum atomic E-state index is 14.1. The van der Waals surface area contributed by atoms with Crippen molar-refractivity contribution in [2.24, 2.45) is 5.92 Å². The second-order valence-corrected chi connectivity index (χ2v) is 15.3. The van der Waals surface area contributed by atoms with Crippen LogP contribution in [0.3, 0.4) is 0 Å². The summed E-state index contributed by atoms with van der Waals surface area (Å²) in [7, 11) is 2.52. The van der Waals surface area contributed by atoms with Crippen molar-refractivity contribution in [2.45, 2.75) is 72.5 Å². The number of aromatic amines is 2. The van der Waals surface area contributed by atoms with Crippen LogP contribution in [0.1, 0.15) is 68.5 Å². The molecular formula is C44H50N8O8. The van der Waals surface area contributed by atoms with E-state index in [1.165, 1.54) is 14.2 Å². The molecule has 0 saturated heterocycles. The lowest BCUT2D eigenvalue weighted by molar-refractivity contribution is -0.135. The minimum Gasteiger partial charge on any atom is -0.488 e. The maximum Gasteiger partial charge on any atom is 0.407 e. The minimum atomic E-state index is -0.940. The number of methoxy groups -OCH3 is 2. The van der Waals surface area contributed by atoms with E-state index in [9.17, 15) is 19.2 Å². The van der Waals surface area contributed by atoms with Crippen LogP contribution >= 0.6 is 0 Å². The Morgan fingerprint density at radius 1 is 0.800 bits per heavy atom. The molecule has 7 rings (SSSR count). The molecule has 314 valence electrons. The molecule has 4 N–H and O–H groups in total. The van der Waals surface area contributed by atoms with E-state index in [2.05, 4.69) is 47.4 Å². The van der Waals surface area contributed by atoms with Crippen molar-refractivity contribution in [3.05, 3.63) is 95.3 Å². The van der Waals surface area contributed by atoms with Gasteiger partial charge < -0.3 is 49.3 Å². The topological polar surface area (TPSA) is 193 Å². The summed E-state index contributed by atoms with van der Waals surface area (Å²) in [6.45, 7) is 9.34. The highest BCUT2D eigenvalue weighted by Gasteiger charge is 2.32. The van der Waals surface area contributed by atoms with E-state index >= 15 is 0 Å². The lowest BCUT2D eigenvalue weighted by Gasteiger charge is -2.30. The normalized spacial score (nSPS) is 13.2. The number of carbonyl (C=O) groups is 4. The number of benzene rings is 3. The Kier molecular flexibility index (Phi) is 12.4. The molecule has 0 spiro atoms. The third-order valence-electron chi connectivity index (χ3n) is 10.7. The largest absolute Gasteiger partial charge is 0.488 e. The molecular weight excluding hydrogens is 769 g/mol. The van der Waals surface area contributed by atoms with Crippen molar-refractivity contribution in [3.8, 4) is 45.1 Å². The van der Waals surface area contributed by atoms with Crippen LogP contribution in [-0.4, -0.2) is 87.1 Å². The number of alkyl carbamates (subject to hydrolysis) is 2. The van der Waals surface area contributed by atoms with E-state index in [-0.39, 0.29) is 43.4 Å². The Labute approximate surface area is 348 Å². The molecule has 2 aliphatic rings. The molecule has 0 saturated carbocycles. The highest BCUT2D eigenvalue weighted by Crippen LogP contribution is 2.50. The summed E-state index contributed by atoms with van der Waals surface area (Å²) < 4.78 is 22.3. The first-order valence-electron chi connectivity index (χ1n) is 19.9. The predicted octanol–water partition coefficient (Wildman–Crippen LogP) is 6.48. The van der Waals surface area contributed by atoms with Gasteiger partial charge in [0.15, 0.2) is 0 Å². The number of carbonyl (C=O) groups excluding carboxylic acids is 4. The lowest BCUT2D eigenvalue weighted by Crippen LogP contribution is -2.44. The van der Waals surface area contributed by atoms with Crippen molar-refractivity contribution in [1.82, 2.24) is 40.4 Å². The Morgan fingerprint density at radius 2 is 1.37 bits per heavy atom. The van der Waals surface area contributed by atoms with Gasteiger partial charge in [-0.05, 0) is 49.1 Å². The van der Waals surface area contributed by atoms with E-state index in [0.717, 1.165) is 62.7 Å². The van der Waals surface area contributed by atoms with Crippen LogP contribution in [-0.2, 0) is 45.4 Å². The van der Waals surface area contributed by atoms with Gasteiger partial charge in [0, 0.05) is 46.0 Å². The SMILES string of the molecule is CC[C@H](C)N(Cc1ncc(-c2cc3c4c(c2)OCc2cc(-c5cnc(CN(CC(C)C)C(=O)[C@H](NC(=O)OC)c6ccccc6)[nH]5)cc(c2-4)OC3)[nH]1)C(=O)CNC(=O)OC. The Bertz CT molecular complexity index is 2320. The summed E-state index contributed by atoms with van der Waals surface area (Å²) in [5.41, 5.74) is 7.81. The fraction of sp³-hybridized carbons (Fsp3) is 0.364. The molecule has 16 heteroatoms. The Morgan fingerprint density at radius 3 is 1.90 bits per heavy atom. The van der Waals surface area contributed by atoms with Crippen LogP contribution in [0.25, 0.3) is 33.6 Å². The molecule has 60 heavy (non-hydrogen) atoms. The molecule has 0 bridgehead atoms. The zero-order valence-electron chi connectivity index (χ0n) is 34.6.